The number of alkyl halides is 2. The molecule has 2 heterocycles. The molecule has 1 amide bonds. The van der Waals surface area contributed by atoms with Gasteiger partial charge in [-0.05, 0) is 31.7 Å². The van der Waals surface area contributed by atoms with E-state index in [2.05, 4.69) is 20.3 Å². The molecule has 0 saturated heterocycles. The maximum atomic E-state index is 13.7. The normalized spacial score (nSPS) is 21.3. The number of aryl methyl sites for hydroxylation is 1. The van der Waals surface area contributed by atoms with Crippen molar-refractivity contribution in [3.8, 4) is 11.5 Å². The number of aromatic nitrogens is 4. The van der Waals surface area contributed by atoms with Crippen molar-refractivity contribution in [3.05, 3.63) is 30.0 Å². The molecule has 2 aliphatic carbocycles. The van der Waals surface area contributed by atoms with E-state index >= 15 is 0 Å². The van der Waals surface area contributed by atoms with Crippen LogP contribution in [-0.2, 0) is 12.6 Å². The van der Waals surface area contributed by atoms with Crippen molar-refractivity contribution in [1.82, 2.24) is 24.8 Å². The van der Waals surface area contributed by atoms with Gasteiger partial charge in [0, 0.05) is 25.9 Å². The molecule has 0 aromatic carbocycles. The summed E-state index contributed by atoms with van der Waals surface area (Å²) in [5, 5.41) is 14.1. The van der Waals surface area contributed by atoms with Crippen LogP contribution in [0.4, 0.5) is 8.78 Å². The van der Waals surface area contributed by atoms with Gasteiger partial charge in [-0.25, -0.2) is 23.7 Å². The Bertz CT molecular complexity index is 914. The van der Waals surface area contributed by atoms with Crippen LogP contribution in [0, 0.1) is 0 Å². The number of carbonyl (C=O) groups is 1. The van der Waals surface area contributed by atoms with Crippen LogP contribution in [0.1, 0.15) is 74.0 Å². The van der Waals surface area contributed by atoms with Gasteiger partial charge >= 0.3 is 0 Å². The van der Waals surface area contributed by atoms with Gasteiger partial charge in [0.15, 0.2) is 5.82 Å². The Morgan fingerprint density at radius 3 is 2.50 bits per heavy atom. The molecule has 162 valence electrons. The number of hydrogen-bond acceptors (Lipinski definition) is 5. The Hall–Kier alpha value is -2.42. The highest BCUT2D eigenvalue weighted by atomic mass is 19.3. The molecule has 2 aromatic rings. The predicted octanol–water partition coefficient (Wildman–Crippen LogP) is 3.34. The van der Waals surface area contributed by atoms with Crippen molar-refractivity contribution >= 4 is 5.91 Å². The SMILES string of the molecule is Cn1cncc1-c1nc(C(=O)NC2CCCCC2)cc(C2(O)CCC(F)(F)CC2)n1. The lowest BCUT2D eigenvalue weighted by molar-refractivity contribution is -0.108. The average Bonchev–Trinajstić information content (AvgIpc) is 3.17. The van der Waals surface area contributed by atoms with Gasteiger partial charge in [0.2, 0.25) is 5.92 Å². The van der Waals surface area contributed by atoms with Gasteiger partial charge in [0.1, 0.15) is 17.0 Å². The second-order valence-corrected chi connectivity index (χ2v) is 8.55. The van der Waals surface area contributed by atoms with Crippen LogP contribution in [0.15, 0.2) is 18.6 Å². The van der Waals surface area contributed by atoms with E-state index in [1.807, 2.05) is 0 Å². The molecule has 30 heavy (non-hydrogen) atoms. The van der Waals surface area contributed by atoms with E-state index in [1.54, 1.807) is 24.1 Å². The van der Waals surface area contributed by atoms with E-state index in [4.69, 9.17) is 0 Å². The molecule has 0 radical (unpaired) electrons. The van der Waals surface area contributed by atoms with Crippen LogP contribution in [-0.4, -0.2) is 42.5 Å². The van der Waals surface area contributed by atoms with E-state index in [0.717, 1.165) is 25.7 Å². The van der Waals surface area contributed by atoms with Crippen LogP contribution in [0.2, 0.25) is 0 Å². The fraction of sp³-hybridized carbons (Fsp3) is 0.619. The summed E-state index contributed by atoms with van der Waals surface area (Å²) in [4.78, 5) is 25.9. The maximum absolute atomic E-state index is 13.7. The van der Waals surface area contributed by atoms with Crippen molar-refractivity contribution in [3.63, 3.8) is 0 Å². The molecule has 2 aliphatic rings. The summed E-state index contributed by atoms with van der Waals surface area (Å²) in [7, 11) is 1.77. The van der Waals surface area contributed by atoms with Gasteiger partial charge in [-0.15, -0.1) is 0 Å². The summed E-state index contributed by atoms with van der Waals surface area (Å²) >= 11 is 0. The number of halogens is 2. The lowest BCUT2D eigenvalue weighted by Crippen LogP contribution is -2.39. The van der Waals surface area contributed by atoms with Crippen LogP contribution in [0.3, 0.4) is 0 Å². The van der Waals surface area contributed by atoms with Crippen molar-refractivity contribution in [2.24, 2.45) is 7.05 Å². The molecule has 0 aliphatic heterocycles. The third-order valence-corrected chi connectivity index (χ3v) is 6.23. The van der Waals surface area contributed by atoms with E-state index < -0.39 is 24.4 Å². The monoisotopic (exact) mass is 419 g/mol. The summed E-state index contributed by atoms with van der Waals surface area (Å²) in [6.07, 6.45) is 7.26. The first-order chi connectivity index (χ1) is 14.3. The standard InChI is InChI=1S/C21H27F2N5O2/c1-28-13-24-12-16(28)18-26-15(19(29)25-14-5-3-2-4-6-14)11-17(27-18)20(30)7-9-21(22,23)10-8-20/h11-14,30H,2-10H2,1H3,(H,25,29). The second-order valence-electron chi connectivity index (χ2n) is 8.55. The van der Waals surface area contributed by atoms with Crippen molar-refractivity contribution < 1.29 is 18.7 Å². The van der Waals surface area contributed by atoms with Gasteiger partial charge in [-0.2, -0.15) is 0 Å². The minimum absolute atomic E-state index is 0.0984. The Kier molecular flexibility index (Phi) is 5.57. The Labute approximate surface area is 174 Å². The van der Waals surface area contributed by atoms with Gasteiger partial charge < -0.3 is 15.0 Å². The van der Waals surface area contributed by atoms with Crippen LogP contribution < -0.4 is 5.32 Å². The second kappa shape index (κ2) is 8.02. The average molecular weight is 419 g/mol. The zero-order valence-electron chi connectivity index (χ0n) is 17.1. The third-order valence-electron chi connectivity index (χ3n) is 6.23. The number of amides is 1. The van der Waals surface area contributed by atoms with Crippen molar-refractivity contribution in [2.45, 2.75) is 75.4 Å². The van der Waals surface area contributed by atoms with Gasteiger partial charge in [-0.3, -0.25) is 4.79 Å². The molecule has 0 bridgehead atoms. The lowest BCUT2D eigenvalue weighted by atomic mass is 9.80. The summed E-state index contributed by atoms with van der Waals surface area (Å²) in [5.74, 6) is -2.88. The number of aliphatic hydroxyl groups is 1. The highest BCUT2D eigenvalue weighted by Gasteiger charge is 2.44. The smallest absolute Gasteiger partial charge is 0.270 e. The molecule has 7 nitrogen and oxygen atoms in total. The van der Waals surface area contributed by atoms with Crippen molar-refractivity contribution in [2.75, 3.05) is 0 Å². The highest BCUT2D eigenvalue weighted by Crippen LogP contribution is 2.43. The van der Waals surface area contributed by atoms with Gasteiger partial charge in [0.05, 0.1) is 18.2 Å². The molecule has 2 saturated carbocycles. The van der Waals surface area contributed by atoms with Gasteiger partial charge in [-0.1, -0.05) is 19.3 Å². The van der Waals surface area contributed by atoms with Crippen LogP contribution in [0.5, 0.6) is 0 Å². The highest BCUT2D eigenvalue weighted by molar-refractivity contribution is 5.93. The number of imidazole rings is 1. The van der Waals surface area contributed by atoms with Crippen molar-refractivity contribution in [1.29, 1.82) is 0 Å². The number of rotatable bonds is 4. The number of carbonyl (C=O) groups excluding carboxylic acids is 1. The summed E-state index contributed by atoms with van der Waals surface area (Å²) in [5.41, 5.74) is -0.600. The first-order valence-corrected chi connectivity index (χ1v) is 10.5. The van der Waals surface area contributed by atoms with E-state index in [1.165, 1.54) is 12.5 Å². The van der Waals surface area contributed by atoms with Crippen LogP contribution in [0.25, 0.3) is 11.5 Å². The molecule has 9 heteroatoms. The molecule has 2 fully saturated rings. The number of nitrogens with one attached hydrogen (secondary N) is 1. The number of hydrogen-bond donors (Lipinski definition) is 2. The lowest BCUT2D eigenvalue weighted by Gasteiger charge is -2.35. The summed E-state index contributed by atoms with van der Waals surface area (Å²) in [6, 6.07) is 1.54. The minimum atomic E-state index is -2.79. The largest absolute Gasteiger partial charge is 0.384 e. The fourth-order valence-corrected chi connectivity index (χ4v) is 4.28. The first kappa shape index (κ1) is 20.8. The topological polar surface area (TPSA) is 92.9 Å². The third kappa shape index (κ3) is 4.35. The minimum Gasteiger partial charge on any atom is -0.384 e. The molecule has 0 unspecified atom stereocenters. The molecule has 0 atom stereocenters. The fourth-order valence-electron chi connectivity index (χ4n) is 4.28. The molecule has 4 rings (SSSR count). The molecule has 0 spiro atoms. The molecular weight excluding hydrogens is 392 g/mol. The van der Waals surface area contributed by atoms with E-state index in [9.17, 15) is 18.7 Å². The first-order valence-electron chi connectivity index (χ1n) is 10.5. The molecule has 2 N–H and O–H groups in total. The van der Waals surface area contributed by atoms with E-state index in [-0.39, 0.29) is 42.0 Å². The molecular formula is C21H27F2N5O2. The Morgan fingerprint density at radius 1 is 1.17 bits per heavy atom. The van der Waals surface area contributed by atoms with E-state index in [0.29, 0.717) is 5.69 Å². The van der Waals surface area contributed by atoms with Gasteiger partial charge in [0.25, 0.3) is 5.91 Å². The Balaban J connectivity index is 1.68. The summed E-state index contributed by atoms with van der Waals surface area (Å²) < 4.78 is 29.0. The molecule has 2 aromatic heterocycles. The quantitative estimate of drug-likeness (QED) is 0.793. The zero-order chi connectivity index (χ0) is 21.4. The summed E-state index contributed by atoms with van der Waals surface area (Å²) in [6.45, 7) is 0. The maximum Gasteiger partial charge on any atom is 0.270 e. The predicted molar refractivity (Wildman–Crippen MR) is 106 cm³/mol. The zero-order valence-corrected chi connectivity index (χ0v) is 17.1. The Morgan fingerprint density at radius 2 is 1.87 bits per heavy atom. The van der Waals surface area contributed by atoms with Crippen LogP contribution >= 0.6 is 0 Å². The number of nitrogens with zero attached hydrogens (tertiary/aromatic N) is 4.